The maximum atomic E-state index is 11.6. The minimum atomic E-state index is -3.47. The molecule has 1 aromatic carbocycles. The summed E-state index contributed by atoms with van der Waals surface area (Å²) < 4.78 is 23.3. The number of hydrogen-bond donors (Lipinski definition) is 1. The highest BCUT2D eigenvalue weighted by Gasteiger charge is 2.23. The molecule has 140 valence electrons. The quantitative estimate of drug-likeness (QED) is 0.574. The van der Waals surface area contributed by atoms with Gasteiger partial charge in [0.1, 0.15) is 4.21 Å². The lowest BCUT2D eigenvalue weighted by atomic mass is 10.2. The number of benzene rings is 1. The molecule has 0 amide bonds. The third-order valence-electron chi connectivity index (χ3n) is 4.02. The number of hydrogen-bond acceptors (Lipinski definition) is 8. The first-order chi connectivity index (χ1) is 12.3. The van der Waals surface area contributed by atoms with E-state index in [4.69, 9.17) is 0 Å². The van der Waals surface area contributed by atoms with Crippen molar-refractivity contribution in [2.45, 2.75) is 10.8 Å². The number of nitrogens with one attached hydrogen (secondary N) is 1. The fourth-order valence-corrected chi connectivity index (χ4v) is 5.47. The summed E-state index contributed by atoms with van der Waals surface area (Å²) >= 11 is 2.85. The average molecular weight is 414 g/mol. The Bertz CT molecular complexity index is 888. The van der Waals surface area contributed by atoms with Crippen molar-refractivity contribution < 1.29 is 13.3 Å². The lowest BCUT2D eigenvalue weighted by Crippen LogP contribution is -2.32. The van der Waals surface area contributed by atoms with Crippen molar-refractivity contribution in [3.05, 3.63) is 46.0 Å². The number of rotatable bonds is 6. The molecule has 1 N–H and O–H groups in total. The van der Waals surface area contributed by atoms with Crippen molar-refractivity contribution in [3.63, 3.8) is 0 Å². The number of nitro groups is 1. The zero-order valence-electron chi connectivity index (χ0n) is 14.2. The van der Waals surface area contributed by atoms with Crippen LogP contribution >= 0.6 is 23.1 Å². The molecule has 0 radical (unpaired) electrons. The van der Waals surface area contributed by atoms with E-state index in [9.17, 15) is 18.5 Å². The van der Waals surface area contributed by atoms with E-state index in [1.165, 1.54) is 5.69 Å². The summed E-state index contributed by atoms with van der Waals surface area (Å²) in [7, 11) is -3.47. The average Bonchev–Trinajstić information content (AvgIpc) is 3.06. The van der Waals surface area contributed by atoms with E-state index in [2.05, 4.69) is 22.3 Å². The molecule has 2 aromatic rings. The van der Waals surface area contributed by atoms with Crippen LogP contribution in [0.15, 0.2) is 34.5 Å². The Morgan fingerprint density at radius 2 is 1.88 bits per heavy atom. The van der Waals surface area contributed by atoms with Gasteiger partial charge < -0.3 is 10.2 Å². The van der Waals surface area contributed by atoms with Gasteiger partial charge in [-0.15, -0.1) is 0 Å². The van der Waals surface area contributed by atoms with E-state index in [1.54, 1.807) is 0 Å². The topological polar surface area (TPSA) is 92.5 Å². The summed E-state index contributed by atoms with van der Waals surface area (Å²) in [4.78, 5) is 12.9. The minimum absolute atomic E-state index is 0.00924. The van der Waals surface area contributed by atoms with Crippen LogP contribution in [0.2, 0.25) is 0 Å². The summed E-state index contributed by atoms with van der Waals surface area (Å²) in [6.45, 7) is 2.47. The Hall–Kier alpha value is -1.78. The van der Waals surface area contributed by atoms with E-state index >= 15 is 0 Å². The fourth-order valence-electron chi connectivity index (χ4n) is 2.63. The van der Waals surface area contributed by atoms with E-state index in [1.807, 2.05) is 23.9 Å². The van der Waals surface area contributed by atoms with E-state index in [0.29, 0.717) is 6.54 Å². The highest BCUT2D eigenvalue weighted by molar-refractivity contribution is 7.99. The molecule has 1 aromatic heterocycles. The SMILES string of the molecule is CS(=O)(=O)c1cc([N+](=O)[O-])c(NCc2ccc(N3CCSCC3)cc2)s1. The minimum Gasteiger partial charge on any atom is -0.370 e. The summed E-state index contributed by atoms with van der Waals surface area (Å²) in [5.41, 5.74) is 1.94. The Labute approximate surface area is 160 Å². The number of anilines is 2. The zero-order chi connectivity index (χ0) is 18.7. The molecule has 7 nitrogen and oxygen atoms in total. The van der Waals surface area contributed by atoms with Crippen molar-refractivity contribution >= 4 is 49.3 Å². The first-order valence-corrected chi connectivity index (χ1v) is 11.8. The molecule has 10 heteroatoms. The highest BCUT2D eigenvalue weighted by Crippen LogP contribution is 2.37. The van der Waals surface area contributed by atoms with Gasteiger partial charge in [-0.05, 0) is 17.7 Å². The molecule has 0 atom stereocenters. The van der Waals surface area contributed by atoms with Crippen LogP contribution in [0.3, 0.4) is 0 Å². The van der Waals surface area contributed by atoms with Crippen molar-refractivity contribution in [2.24, 2.45) is 0 Å². The summed E-state index contributed by atoms with van der Waals surface area (Å²) in [6, 6.07) is 9.19. The second-order valence-corrected chi connectivity index (χ2v) is 10.4. The van der Waals surface area contributed by atoms with Crippen LogP contribution in [0.1, 0.15) is 5.56 Å². The molecule has 2 heterocycles. The molecule has 1 saturated heterocycles. The van der Waals surface area contributed by atoms with Gasteiger partial charge in [-0.25, -0.2) is 8.42 Å². The monoisotopic (exact) mass is 413 g/mol. The molecule has 0 saturated carbocycles. The predicted molar refractivity (Wildman–Crippen MR) is 107 cm³/mol. The zero-order valence-corrected chi connectivity index (χ0v) is 16.6. The fraction of sp³-hybridized carbons (Fsp3) is 0.375. The van der Waals surface area contributed by atoms with Gasteiger partial charge in [0.05, 0.1) is 4.92 Å². The normalized spacial score (nSPS) is 15.0. The van der Waals surface area contributed by atoms with Crippen LogP contribution in [-0.2, 0) is 16.4 Å². The number of nitrogens with zero attached hydrogens (tertiary/aromatic N) is 2. The third kappa shape index (κ3) is 4.49. The number of thiophene rings is 1. The van der Waals surface area contributed by atoms with Crippen LogP contribution in [0.4, 0.5) is 16.4 Å². The van der Waals surface area contributed by atoms with E-state index in [-0.39, 0.29) is 14.9 Å². The number of thioether (sulfide) groups is 1. The molecule has 0 bridgehead atoms. The first kappa shape index (κ1) is 19.0. The van der Waals surface area contributed by atoms with Crippen LogP contribution < -0.4 is 10.2 Å². The van der Waals surface area contributed by atoms with Gasteiger partial charge in [0.2, 0.25) is 0 Å². The van der Waals surface area contributed by atoms with E-state index in [0.717, 1.165) is 53.8 Å². The van der Waals surface area contributed by atoms with Gasteiger partial charge in [-0.1, -0.05) is 23.5 Å². The van der Waals surface area contributed by atoms with Gasteiger partial charge in [-0.2, -0.15) is 11.8 Å². The maximum Gasteiger partial charge on any atom is 0.304 e. The molecule has 0 aliphatic carbocycles. The molecule has 0 unspecified atom stereocenters. The highest BCUT2D eigenvalue weighted by atomic mass is 32.2. The van der Waals surface area contributed by atoms with Crippen molar-refractivity contribution in [3.8, 4) is 0 Å². The molecular formula is C16H19N3O4S3. The molecule has 3 rings (SSSR count). The van der Waals surface area contributed by atoms with Crippen molar-refractivity contribution in [2.75, 3.05) is 41.1 Å². The van der Waals surface area contributed by atoms with Gasteiger partial charge in [0, 0.05) is 49.1 Å². The third-order valence-corrected chi connectivity index (χ3v) is 7.84. The Balaban J connectivity index is 1.70. The van der Waals surface area contributed by atoms with Crippen LogP contribution in [-0.4, -0.2) is 44.2 Å². The second kappa shape index (κ2) is 7.85. The number of sulfone groups is 1. The molecular weight excluding hydrogens is 394 g/mol. The Kier molecular flexibility index (Phi) is 5.73. The maximum absolute atomic E-state index is 11.6. The summed E-state index contributed by atoms with van der Waals surface area (Å²) in [5.74, 6) is 2.27. The lowest BCUT2D eigenvalue weighted by Gasteiger charge is -2.28. The van der Waals surface area contributed by atoms with Crippen LogP contribution in [0.25, 0.3) is 0 Å². The Morgan fingerprint density at radius 1 is 1.23 bits per heavy atom. The summed E-state index contributed by atoms with van der Waals surface area (Å²) in [5, 5.41) is 14.4. The largest absolute Gasteiger partial charge is 0.370 e. The summed E-state index contributed by atoms with van der Waals surface area (Å²) in [6.07, 6.45) is 1.05. The molecule has 1 aliphatic heterocycles. The van der Waals surface area contributed by atoms with Gasteiger partial charge in [0.15, 0.2) is 14.8 Å². The van der Waals surface area contributed by atoms with E-state index < -0.39 is 14.8 Å². The Morgan fingerprint density at radius 3 is 2.46 bits per heavy atom. The second-order valence-electron chi connectivity index (χ2n) is 5.93. The van der Waals surface area contributed by atoms with Crippen LogP contribution in [0, 0.1) is 10.1 Å². The molecule has 1 aliphatic rings. The smallest absolute Gasteiger partial charge is 0.304 e. The van der Waals surface area contributed by atoms with Gasteiger partial charge in [-0.3, -0.25) is 10.1 Å². The van der Waals surface area contributed by atoms with Crippen molar-refractivity contribution in [1.29, 1.82) is 0 Å². The molecule has 26 heavy (non-hydrogen) atoms. The van der Waals surface area contributed by atoms with Gasteiger partial charge in [0.25, 0.3) is 0 Å². The molecule has 0 spiro atoms. The first-order valence-electron chi connectivity index (χ1n) is 7.98. The van der Waals surface area contributed by atoms with Crippen molar-refractivity contribution in [1.82, 2.24) is 0 Å². The van der Waals surface area contributed by atoms with Crippen LogP contribution in [0.5, 0.6) is 0 Å². The predicted octanol–water partition coefficient (Wildman–Crippen LogP) is 3.23. The lowest BCUT2D eigenvalue weighted by molar-refractivity contribution is -0.383. The molecule has 1 fully saturated rings. The van der Waals surface area contributed by atoms with Gasteiger partial charge >= 0.3 is 5.69 Å². The standard InChI is InChI=1S/C16H19N3O4S3/c1-26(22,23)15-10-14(19(20)21)16(25-15)17-11-12-2-4-13(5-3-12)18-6-8-24-9-7-18/h2-5,10,17H,6-9,11H2,1H3.